The molecular weight excluding hydrogens is 711 g/mol. The van der Waals surface area contributed by atoms with Gasteiger partial charge in [-0.2, -0.15) is 0 Å². The summed E-state index contributed by atoms with van der Waals surface area (Å²) in [4.78, 5) is 63.1. The number of amides is 3. The van der Waals surface area contributed by atoms with Gasteiger partial charge in [0.25, 0.3) is 5.91 Å². The Kier molecular flexibility index (Phi) is 14.6. The normalized spacial score (nSPS) is 23.8. The SMILES string of the molecule is CC1=C[C@@H](O)C[C@@H](F)Cc2nc(co2)C(=O)N2CCC[C@@H]2C(=O)O[C@H](C(C)C)[C@H](CC(=O)NCCCn2cc(-c3cccnc3)nn2)/C=C/C(=O)NCC=C1. The van der Waals surface area contributed by atoms with Crippen LogP contribution in [0.3, 0.4) is 0 Å². The van der Waals surface area contributed by atoms with Crippen molar-refractivity contribution in [3.05, 3.63) is 84.5 Å². The fourth-order valence-corrected chi connectivity index (χ4v) is 6.57. The number of hydrogen-bond acceptors (Lipinski definition) is 11. The number of aliphatic hydroxyl groups excluding tert-OH is 1. The van der Waals surface area contributed by atoms with Gasteiger partial charge in [0, 0.05) is 62.9 Å². The number of hydrogen-bond donors (Lipinski definition) is 3. The minimum Gasteiger partial charge on any atom is -0.460 e. The maximum atomic E-state index is 14.8. The van der Waals surface area contributed by atoms with E-state index in [-0.39, 0.29) is 55.8 Å². The standard InChI is InChI=1S/C39H49FN8O7/c1-25(2)37-27(19-35(51)43-15-7-16-47-23-31(45-46-47)28-9-5-13-41-22-28)11-12-34(50)42-14-4-8-26(3)18-30(49)20-29(40)21-36-44-32(24-54-36)38(52)48-17-6-10-33(48)39(53)55-37/h4-5,8-9,11-13,18,22-25,27,29-30,33,37,49H,6-7,10,14-17,19-21H2,1-3H3,(H,42,50)(H,43,51)/b8-4?,12-11+,26-18?/t27-,29+,30+,33+,37+/m0/s1. The van der Waals surface area contributed by atoms with Crippen LogP contribution in [0.1, 0.15) is 69.3 Å². The maximum absolute atomic E-state index is 14.8. The minimum atomic E-state index is -1.50. The molecule has 2 aliphatic heterocycles. The molecular formula is C39H49FN8O7. The van der Waals surface area contributed by atoms with Crippen LogP contribution in [0.4, 0.5) is 4.39 Å². The van der Waals surface area contributed by atoms with Crippen LogP contribution in [0.15, 0.2) is 77.4 Å². The zero-order valence-electron chi connectivity index (χ0n) is 31.3. The third kappa shape index (κ3) is 12.0. The minimum absolute atomic E-state index is 0.00255. The number of oxazole rings is 1. The number of aryl methyl sites for hydroxylation is 1. The van der Waals surface area contributed by atoms with Crippen molar-refractivity contribution >= 4 is 23.7 Å². The number of rotatable bonds is 8. The number of esters is 1. The van der Waals surface area contributed by atoms with Gasteiger partial charge in [-0.25, -0.2) is 14.2 Å². The molecule has 3 aromatic heterocycles. The van der Waals surface area contributed by atoms with Crippen molar-refractivity contribution in [2.75, 3.05) is 19.6 Å². The van der Waals surface area contributed by atoms with Crippen molar-refractivity contribution in [3.63, 3.8) is 0 Å². The van der Waals surface area contributed by atoms with Crippen LogP contribution in [-0.4, -0.2) is 103 Å². The smallest absolute Gasteiger partial charge is 0.329 e. The first-order chi connectivity index (χ1) is 26.5. The second-order valence-electron chi connectivity index (χ2n) is 14.1. The molecule has 5 heterocycles. The van der Waals surface area contributed by atoms with Gasteiger partial charge in [0.2, 0.25) is 11.8 Å². The molecule has 2 bridgehead atoms. The number of carbonyl (C=O) groups excluding carboxylic acids is 4. The molecule has 1 saturated heterocycles. The van der Waals surface area contributed by atoms with Crippen LogP contribution >= 0.6 is 0 Å². The predicted octanol–water partition coefficient (Wildman–Crippen LogP) is 3.53. The highest BCUT2D eigenvalue weighted by molar-refractivity contribution is 5.95. The van der Waals surface area contributed by atoms with E-state index in [0.717, 1.165) is 11.8 Å². The summed E-state index contributed by atoms with van der Waals surface area (Å²) < 4.78 is 28.0. The third-order valence-corrected chi connectivity index (χ3v) is 9.31. The van der Waals surface area contributed by atoms with Gasteiger partial charge < -0.3 is 29.8 Å². The Morgan fingerprint density at radius 3 is 2.82 bits per heavy atom. The number of aliphatic hydroxyl groups is 1. The second kappa shape index (κ2) is 19.7. The summed E-state index contributed by atoms with van der Waals surface area (Å²) >= 11 is 0. The highest BCUT2D eigenvalue weighted by Gasteiger charge is 2.39. The molecule has 2 aliphatic rings. The summed E-state index contributed by atoms with van der Waals surface area (Å²) in [5.74, 6) is -2.88. The monoisotopic (exact) mass is 760 g/mol. The Balaban J connectivity index is 1.29. The van der Waals surface area contributed by atoms with Crippen molar-refractivity contribution < 1.29 is 37.8 Å². The average molecular weight is 761 g/mol. The summed E-state index contributed by atoms with van der Waals surface area (Å²) in [5.41, 5.74) is 2.13. The van der Waals surface area contributed by atoms with Gasteiger partial charge >= 0.3 is 5.97 Å². The van der Waals surface area contributed by atoms with Crippen molar-refractivity contribution in [2.45, 2.75) is 90.3 Å². The average Bonchev–Trinajstić information content (AvgIpc) is 3.94. The van der Waals surface area contributed by atoms with E-state index in [1.165, 1.54) is 17.1 Å². The zero-order chi connectivity index (χ0) is 39.3. The largest absolute Gasteiger partial charge is 0.460 e. The molecule has 5 rings (SSSR count). The van der Waals surface area contributed by atoms with Crippen LogP contribution < -0.4 is 10.6 Å². The van der Waals surface area contributed by atoms with Crippen LogP contribution in [0.25, 0.3) is 11.3 Å². The number of fused-ring (bicyclic) bond motifs is 3. The Labute approximate surface area is 319 Å². The van der Waals surface area contributed by atoms with Crippen molar-refractivity contribution in [2.24, 2.45) is 11.8 Å². The van der Waals surface area contributed by atoms with Crippen molar-refractivity contribution in [1.29, 1.82) is 0 Å². The van der Waals surface area contributed by atoms with E-state index >= 15 is 0 Å². The zero-order valence-corrected chi connectivity index (χ0v) is 31.3. The molecule has 0 unspecified atom stereocenters. The molecule has 3 aromatic rings. The van der Waals surface area contributed by atoms with E-state index in [0.29, 0.717) is 43.6 Å². The second-order valence-corrected chi connectivity index (χ2v) is 14.1. The number of ether oxygens (including phenoxy) is 1. The van der Waals surface area contributed by atoms with Gasteiger partial charge in [-0.1, -0.05) is 48.9 Å². The molecule has 0 aliphatic carbocycles. The number of pyridine rings is 1. The number of nitrogens with zero attached hydrogens (tertiary/aromatic N) is 6. The molecule has 16 heteroatoms. The first-order valence-electron chi connectivity index (χ1n) is 18.6. The Morgan fingerprint density at radius 1 is 1.20 bits per heavy atom. The summed E-state index contributed by atoms with van der Waals surface area (Å²) in [5, 5.41) is 24.4. The Bertz CT molecular complexity index is 1860. The molecule has 0 radical (unpaired) electrons. The van der Waals surface area contributed by atoms with E-state index in [1.54, 1.807) is 42.2 Å². The van der Waals surface area contributed by atoms with Crippen molar-refractivity contribution in [1.82, 2.24) is 40.5 Å². The van der Waals surface area contributed by atoms with Gasteiger partial charge in [0.15, 0.2) is 11.6 Å². The number of allylic oxidation sites excluding steroid dienone is 2. The number of nitrogens with one attached hydrogen (secondary N) is 2. The fourth-order valence-electron chi connectivity index (χ4n) is 6.57. The molecule has 3 amide bonds. The van der Waals surface area contributed by atoms with E-state index in [1.807, 2.05) is 32.2 Å². The lowest BCUT2D eigenvalue weighted by Gasteiger charge is -2.31. The number of carbonyl (C=O) groups is 4. The van der Waals surface area contributed by atoms with Gasteiger partial charge in [-0.05, 0) is 50.3 Å². The van der Waals surface area contributed by atoms with E-state index in [2.05, 4.69) is 30.9 Å². The highest BCUT2D eigenvalue weighted by Crippen LogP contribution is 2.27. The third-order valence-electron chi connectivity index (χ3n) is 9.31. The van der Waals surface area contributed by atoms with Gasteiger partial charge in [-0.15, -0.1) is 5.10 Å². The molecule has 0 saturated carbocycles. The van der Waals surface area contributed by atoms with Gasteiger partial charge in [0.1, 0.15) is 30.3 Å². The lowest BCUT2D eigenvalue weighted by molar-refractivity contribution is -0.159. The molecule has 294 valence electrons. The topological polar surface area (TPSA) is 195 Å². The van der Waals surface area contributed by atoms with E-state index in [9.17, 15) is 28.7 Å². The quantitative estimate of drug-likeness (QED) is 0.225. The first kappa shape index (κ1) is 40.7. The van der Waals surface area contributed by atoms with Gasteiger partial charge in [-0.3, -0.25) is 24.0 Å². The number of cyclic esters (lactones) is 1. The number of aromatic nitrogens is 5. The predicted molar refractivity (Wildman–Crippen MR) is 199 cm³/mol. The van der Waals surface area contributed by atoms with Crippen LogP contribution in [0.5, 0.6) is 0 Å². The van der Waals surface area contributed by atoms with Crippen LogP contribution in [0, 0.1) is 11.8 Å². The lowest BCUT2D eigenvalue weighted by atomic mass is 9.89. The molecule has 1 fully saturated rings. The summed E-state index contributed by atoms with van der Waals surface area (Å²) in [6, 6.07) is 2.80. The summed E-state index contributed by atoms with van der Waals surface area (Å²) in [6.45, 7) is 6.74. The van der Waals surface area contributed by atoms with E-state index in [4.69, 9.17) is 9.15 Å². The molecule has 0 spiro atoms. The molecule has 15 nitrogen and oxygen atoms in total. The summed E-state index contributed by atoms with van der Waals surface area (Å²) in [6.07, 6.45) is 11.6. The highest BCUT2D eigenvalue weighted by atomic mass is 19.1. The van der Waals surface area contributed by atoms with Gasteiger partial charge in [0.05, 0.1) is 18.7 Å². The number of halogens is 1. The lowest BCUT2D eigenvalue weighted by Crippen LogP contribution is -2.44. The maximum Gasteiger partial charge on any atom is 0.329 e. The molecule has 55 heavy (non-hydrogen) atoms. The van der Waals surface area contributed by atoms with Crippen LogP contribution in [-0.2, 0) is 32.1 Å². The molecule has 0 aromatic carbocycles. The fraction of sp³-hybridized carbons (Fsp3) is 0.487. The first-order valence-corrected chi connectivity index (χ1v) is 18.6. The molecule has 3 N–H and O–H groups in total. The Hall–Kier alpha value is -5.51. The van der Waals surface area contributed by atoms with Crippen LogP contribution in [0.2, 0.25) is 0 Å². The molecule has 5 atom stereocenters. The summed E-state index contributed by atoms with van der Waals surface area (Å²) in [7, 11) is 0. The van der Waals surface area contributed by atoms with E-state index < -0.39 is 48.1 Å². The number of alkyl halides is 1. The van der Waals surface area contributed by atoms with Crippen molar-refractivity contribution in [3.8, 4) is 11.3 Å². The Morgan fingerprint density at radius 2 is 2.04 bits per heavy atom.